The smallest absolute Gasteiger partial charge is 0.331 e. The summed E-state index contributed by atoms with van der Waals surface area (Å²) in [5, 5.41) is 11.7. The summed E-state index contributed by atoms with van der Waals surface area (Å²) in [7, 11) is 2.63. The quantitative estimate of drug-likeness (QED) is 0.311. The number of aliphatic hydroxyl groups is 1. The van der Waals surface area contributed by atoms with Gasteiger partial charge in [-0.1, -0.05) is 0 Å². The fourth-order valence-electron chi connectivity index (χ4n) is 0.883. The third-order valence-electron chi connectivity index (χ3n) is 1.85. The van der Waals surface area contributed by atoms with E-state index < -0.39 is 30.6 Å². The molecule has 0 aliphatic heterocycles. The van der Waals surface area contributed by atoms with Gasteiger partial charge in [-0.05, 0) is 0 Å². The minimum Gasteiger partial charge on any atom is -0.466 e. The van der Waals surface area contributed by atoms with Crippen LogP contribution in [0.3, 0.4) is 0 Å². The molecule has 8 heteroatoms. The standard InChI is InChI=1S/C11H17NO7/c1-17-6-5-12-11(16)8(13)7-19-10(15)4-3-9(14)18-2/h3-4,8,13H,5-7H2,1-2H3,(H,12,16)/b4-3+. The lowest BCUT2D eigenvalue weighted by Crippen LogP contribution is -2.39. The zero-order valence-corrected chi connectivity index (χ0v) is 10.8. The van der Waals surface area contributed by atoms with E-state index in [1.165, 1.54) is 7.11 Å². The van der Waals surface area contributed by atoms with Gasteiger partial charge in [0.25, 0.3) is 5.91 Å². The molecule has 8 nitrogen and oxygen atoms in total. The predicted octanol–water partition coefficient (Wildman–Crippen LogP) is -1.62. The molecule has 0 heterocycles. The van der Waals surface area contributed by atoms with E-state index in [2.05, 4.69) is 14.8 Å². The highest BCUT2D eigenvalue weighted by molar-refractivity contribution is 5.91. The van der Waals surface area contributed by atoms with E-state index in [0.29, 0.717) is 6.61 Å². The molecule has 0 saturated heterocycles. The molecule has 0 saturated carbocycles. The van der Waals surface area contributed by atoms with Gasteiger partial charge in [0.15, 0.2) is 6.10 Å². The van der Waals surface area contributed by atoms with Gasteiger partial charge in [0.2, 0.25) is 0 Å². The number of carbonyl (C=O) groups excluding carboxylic acids is 3. The number of esters is 2. The summed E-state index contributed by atoms with van der Waals surface area (Å²) in [6, 6.07) is 0. The van der Waals surface area contributed by atoms with Crippen LogP contribution in [0.4, 0.5) is 0 Å². The molecule has 0 spiro atoms. The predicted molar refractivity (Wildman–Crippen MR) is 63.0 cm³/mol. The van der Waals surface area contributed by atoms with E-state index in [-0.39, 0.29) is 6.54 Å². The van der Waals surface area contributed by atoms with E-state index >= 15 is 0 Å². The lowest BCUT2D eigenvalue weighted by molar-refractivity contribution is -0.145. The average molecular weight is 275 g/mol. The average Bonchev–Trinajstić information content (AvgIpc) is 2.41. The van der Waals surface area contributed by atoms with E-state index in [9.17, 15) is 19.5 Å². The Morgan fingerprint density at radius 2 is 1.84 bits per heavy atom. The molecule has 0 aliphatic rings. The lowest BCUT2D eigenvalue weighted by atomic mass is 10.3. The first-order valence-electron chi connectivity index (χ1n) is 5.38. The SMILES string of the molecule is COCCNC(=O)C(O)COC(=O)/C=C/C(=O)OC. The summed E-state index contributed by atoms with van der Waals surface area (Å²) in [5.41, 5.74) is 0. The van der Waals surface area contributed by atoms with Crippen molar-refractivity contribution >= 4 is 17.8 Å². The van der Waals surface area contributed by atoms with Gasteiger partial charge in [-0.15, -0.1) is 0 Å². The summed E-state index contributed by atoms with van der Waals surface area (Å²) < 4.78 is 13.5. The third kappa shape index (κ3) is 8.75. The number of amides is 1. The zero-order chi connectivity index (χ0) is 14.7. The van der Waals surface area contributed by atoms with Gasteiger partial charge in [-0.25, -0.2) is 9.59 Å². The molecule has 1 atom stereocenters. The van der Waals surface area contributed by atoms with Crippen LogP contribution in [-0.4, -0.2) is 63.0 Å². The van der Waals surface area contributed by atoms with Crippen molar-refractivity contribution in [1.29, 1.82) is 0 Å². The van der Waals surface area contributed by atoms with Crippen LogP contribution in [0.2, 0.25) is 0 Å². The van der Waals surface area contributed by atoms with Gasteiger partial charge >= 0.3 is 11.9 Å². The molecule has 19 heavy (non-hydrogen) atoms. The monoisotopic (exact) mass is 275 g/mol. The maximum absolute atomic E-state index is 11.2. The summed E-state index contributed by atoms with van der Waals surface area (Å²) in [6.07, 6.45) is 0.224. The van der Waals surface area contributed by atoms with Crippen molar-refractivity contribution in [3.63, 3.8) is 0 Å². The van der Waals surface area contributed by atoms with Crippen LogP contribution in [0.25, 0.3) is 0 Å². The summed E-state index contributed by atoms with van der Waals surface area (Å²) in [4.78, 5) is 33.0. The summed E-state index contributed by atoms with van der Waals surface area (Å²) in [5.74, 6) is -2.26. The fourth-order valence-corrected chi connectivity index (χ4v) is 0.883. The summed E-state index contributed by atoms with van der Waals surface area (Å²) in [6.45, 7) is 0.0336. The molecule has 108 valence electrons. The molecular weight excluding hydrogens is 258 g/mol. The first kappa shape index (κ1) is 17.1. The van der Waals surface area contributed by atoms with Crippen LogP contribution >= 0.6 is 0 Å². The first-order chi connectivity index (χ1) is 9.01. The van der Waals surface area contributed by atoms with E-state index in [4.69, 9.17) is 4.74 Å². The maximum atomic E-state index is 11.2. The van der Waals surface area contributed by atoms with Crippen LogP contribution in [0.5, 0.6) is 0 Å². The highest BCUT2D eigenvalue weighted by Gasteiger charge is 2.16. The van der Waals surface area contributed by atoms with Gasteiger partial charge in [0, 0.05) is 25.8 Å². The van der Waals surface area contributed by atoms with Crippen molar-refractivity contribution in [3.8, 4) is 0 Å². The number of methoxy groups -OCH3 is 2. The Hall–Kier alpha value is -1.93. The van der Waals surface area contributed by atoms with Crippen LogP contribution < -0.4 is 5.32 Å². The van der Waals surface area contributed by atoms with E-state index in [1.807, 2.05) is 0 Å². The topological polar surface area (TPSA) is 111 Å². The number of rotatable bonds is 8. The van der Waals surface area contributed by atoms with E-state index in [1.54, 1.807) is 0 Å². The number of hydrogen-bond acceptors (Lipinski definition) is 7. The van der Waals surface area contributed by atoms with Crippen LogP contribution in [0.15, 0.2) is 12.2 Å². The molecule has 2 N–H and O–H groups in total. The van der Waals surface area contributed by atoms with Crippen molar-refractivity contribution in [1.82, 2.24) is 5.32 Å². The van der Waals surface area contributed by atoms with Crippen molar-refractivity contribution in [3.05, 3.63) is 12.2 Å². The van der Waals surface area contributed by atoms with Gasteiger partial charge in [0.05, 0.1) is 13.7 Å². The minimum absolute atomic E-state index is 0.239. The molecular formula is C11H17NO7. The zero-order valence-electron chi connectivity index (χ0n) is 10.8. The fraction of sp³-hybridized carbons (Fsp3) is 0.545. The second kappa shape index (κ2) is 10.0. The summed E-state index contributed by atoms with van der Waals surface area (Å²) >= 11 is 0. The number of ether oxygens (including phenoxy) is 3. The Balaban J connectivity index is 3.91. The van der Waals surface area contributed by atoms with Gasteiger partial charge < -0.3 is 24.6 Å². The normalized spacial score (nSPS) is 11.9. The highest BCUT2D eigenvalue weighted by Crippen LogP contribution is 1.89. The van der Waals surface area contributed by atoms with Crippen molar-refractivity contribution in [2.45, 2.75) is 6.10 Å². The van der Waals surface area contributed by atoms with Crippen molar-refractivity contribution in [2.24, 2.45) is 0 Å². The molecule has 0 bridgehead atoms. The minimum atomic E-state index is -1.48. The van der Waals surface area contributed by atoms with Crippen molar-refractivity contribution in [2.75, 3.05) is 34.0 Å². The maximum Gasteiger partial charge on any atom is 0.331 e. The third-order valence-corrected chi connectivity index (χ3v) is 1.85. The molecule has 0 aromatic rings. The van der Waals surface area contributed by atoms with Gasteiger partial charge in [-0.3, -0.25) is 4.79 Å². The molecule has 1 unspecified atom stereocenters. The molecule has 0 aromatic carbocycles. The molecule has 0 aromatic heterocycles. The molecule has 0 radical (unpaired) electrons. The van der Waals surface area contributed by atoms with Crippen LogP contribution in [0.1, 0.15) is 0 Å². The van der Waals surface area contributed by atoms with Gasteiger partial charge in [-0.2, -0.15) is 0 Å². The van der Waals surface area contributed by atoms with E-state index in [0.717, 1.165) is 19.3 Å². The first-order valence-corrected chi connectivity index (χ1v) is 5.38. The molecule has 0 rings (SSSR count). The van der Waals surface area contributed by atoms with Gasteiger partial charge in [0.1, 0.15) is 6.61 Å². The highest BCUT2D eigenvalue weighted by atomic mass is 16.5. The second-order valence-corrected chi connectivity index (χ2v) is 3.29. The number of nitrogens with one attached hydrogen (secondary N) is 1. The number of carbonyl (C=O) groups is 3. The molecule has 0 aliphatic carbocycles. The lowest BCUT2D eigenvalue weighted by Gasteiger charge is -2.10. The Labute approximate surface area is 110 Å². The second-order valence-electron chi connectivity index (χ2n) is 3.29. The van der Waals surface area contributed by atoms with Crippen molar-refractivity contribution < 1.29 is 33.7 Å². The number of hydrogen-bond donors (Lipinski definition) is 2. The largest absolute Gasteiger partial charge is 0.466 e. The Kier molecular flexibility index (Phi) is 9.02. The van der Waals surface area contributed by atoms with Crippen LogP contribution in [0, 0.1) is 0 Å². The van der Waals surface area contributed by atoms with Crippen LogP contribution in [-0.2, 0) is 28.6 Å². The molecule has 0 fully saturated rings. The Bertz CT molecular complexity index is 340. The Morgan fingerprint density at radius 1 is 1.21 bits per heavy atom. The number of aliphatic hydroxyl groups excluding tert-OH is 1. The Morgan fingerprint density at radius 3 is 2.42 bits per heavy atom. The molecule has 1 amide bonds.